The van der Waals surface area contributed by atoms with Crippen molar-refractivity contribution in [1.82, 2.24) is 0 Å². The smallest absolute Gasteiger partial charge is 0.123 e. The molecule has 2 N–H and O–H groups in total. The predicted molar refractivity (Wildman–Crippen MR) is 106 cm³/mol. The van der Waals surface area contributed by atoms with Gasteiger partial charge in [-0.05, 0) is 63.9 Å². The Morgan fingerprint density at radius 3 is 1.76 bits per heavy atom. The van der Waals surface area contributed by atoms with Crippen molar-refractivity contribution in [3.8, 4) is 11.5 Å². The van der Waals surface area contributed by atoms with Crippen LogP contribution >= 0.6 is 0 Å². The Bertz CT molecular complexity index is 684. The van der Waals surface area contributed by atoms with E-state index in [-0.39, 0.29) is 10.8 Å². The van der Waals surface area contributed by atoms with Gasteiger partial charge in [-0.1, -0.05) is 41.5 Å². The average molecular weight is 341 g/mol. The molecule has 3 nitrogen and oxygen atoms in total. The Morgan fingerprint density at radius 1 is 0.880 bits per heavy atom. The number of methoxy groups -OCH3 is 1. The second kappa shape index (κ2) is 6.99. The first-order valence-corrected chi connectivity index (χ1v) is 8.77. The van der Waals surface area contributed by atoms with Crippen LogP contribution in [0.3, 0.4) is 0 Å². The van der Waals surface area contributed by atoms with Crippen LogP contribution in [0.15, 0.2) is 36.4 Å². The minimum Gasteiger partial charge on any atom is -0.507 e. The molecule has 0 bridgehead atoms. The van der Waals surface area contributed by atoms with Crippen molar-refractivity contribution >= 4 is 5.69 Å². The molecule has 0 spiro atoms. The molecule has 25 heavy (non-hydrogen) atoms. The number of hydrogen-bond donors (Lipinski definition) is 2. The minimum atomic E-state index is -0.111. The molecule has 0 aliphatic rings. The highest BCUT2D eigenvalue weighted by molar-refractivity contribution is 5.52. The fourth-order valence-electron chi connectivity index (χ4n) is 2.85. The van der Waals surface area contributed by atoms with Crippen LogP contribution in [0.25, 0.3) is 0 Å². The van der Waals surface area contributed by atoms with Gasteiger partial charge in [0.15, 0.2) is 0 Å². The molecule has 0 unspecified atom stereocenters. The van der Waals surface area contributed by atoms with Crippen molar-refractivity contribution < 1.29 is 9.84 Å². The van der Waals surface area contributed by atoms with Crippen LogP contribution in [0.4, 0.5) is 5.69 Å². The molecular formula is C22H31NO2. The summed E-state index contributed by atoms with van der Waals surface area (Å²) in [5.41, 5.74) is 3.98. The van der Waals surface area contributed by atoms with Gasteiger partial charge < -0.3 is 15.2 Å². The summed E-state index contributed by atoms with van der Waals surface area (Å²) in [4.78, 5) is 0. The Hall–Kier alpha value is -2.16. The van der Waals surface area contributed by atoms with Gasteiger partial charge in [0.25, 0.3) is 0 Å². The summed E-state index contributed by atoms with van der Waals surface area (Å²) in [6, 6.07) is 12.1. The van der Waals surface area contributed by atoms with E-state index in [4.69, 9.17) is 4.74 Å². The molecule has 2 aromatic carbocycles. The summed E-state index contributed by atoms with van der Waals surface area (Å²) in [5, 5.41) is 14.2. The van der Waals surface area contributed by atoms with Crippen LogP contribution < -0.4 is 10.1 Å². The fourth-order valence-corrected chi connectivity index (χ4v) is 2.85. The highest BCUT2D eigenvalue weighted by Gasteiger charge is 2.26. The van der Waals surface area contributed by atoms with Crippen molar-refractivity contribution in [2.24, 2.45) is 0 Å². The van der Waals surface area contributed by atoms with Crippen molar-refractivity contribution in [1.29, 1.82) is 0 Å². The molecule has 2 rings (SSSR count). The van der Waals surface area contributed by atoms with Crippen LogP contribution in [-0.4, -0.2) is 12.2 Å². The molecule has 3 heteroatoms. The summed E-state index contributed by atoms with van der Waals surface area (Å²) in [6.07, 6.45) is 0. The molecule has 2 aromatic rings. The molecule has 0 saturated carbocycles. The summed E-state index contributed by atoms with van der Waals surface area (Å²) in [5.74, 6) is 1.27. The number of rotatable bonds is 4. The van der Waals surface area contributed by atoms with Crippen LogP contribution in [-0.2, 0) is 17.4 Å². The zero-order valence-electron chi connectivity index (χ0n) is 16.5. The number of benzene rings is 2. The van der Waals surface area contributed by atoms with Gasteiger partial charge in [0.2, 0.25) is 0 Å². The summed E-state index contributed by atoms with van der Waals surface area (Å²) in [6.45, 7) is 13.5. The summed E-state index contributed by atoms with van der Waals surface area (Å²) < 4.78 is 5.20. The lowest BCUT2D eigenvalue weighted by molar-refractivity contribution is 0.415. The van der Waals surface area contributed by atoms with Crippen molar-refractivity contribution in [2.75, 3.05) is 12.4 Å². The lowest BCUT2D eigenvalue weighted by atomic mass is 9.78. The second-order valence-electron chi connectivity index (χ2n) is 8.62. The second-order valence-corrected chi connectivity index (χ2v) is 8.62. The van der Waals surface area contributed by atoms with Crippen molar-refractivity contribution in [3.63, 3.8) is 0 Å². The van der Waals surface area contributed by atoms with E-state index in [2.05, 4.69) is 59.0 Å². The number of ether oxygens (including phenoxy) is 1. The standard InChI is InChI=1S/C22H31NO2/c1-21(2,3)18-12-15(13-19(20(18)24)22(4,5)6)14-23-16-8-10-17(25-7)11-9-16/h8-13,23-24H,14H2,1-7H3. The lowest BCUT2D eigenvalue weighted by Gasteiger charge is -2.28. The number of nitrogens with one attached hydrogen (secondary N) is 1. The van der Waals surface area contributed by atoms with Gasteiger partial charge in [-0.15, -0.1) is 0 Å². The highest BCUT2D eigenvalue weighted by atomic mass is 16.5. The average Bonchev–Trinajstić information content (AvgIpc) is 2.52. The van der Waals surface area contributed by atoms with E-state index in [0.717, 1.165) is 22.6 Å². The fraction of sp³-hybridized carbons (Fsp3) is 0.455. The van der Waals surface area contributed by atoms with E-state index < -0.39 is 0 Å². The third-order valence-corrected chi connectivity index (χ3v) is 4.37. The Kier molecular flexibility index (Phi) is 5.36. The highest BCUT2D eigenvalue weighted by Crippen LogP contribution is 2.39. The maximum Gasteiger partial charge on any atom is 0.123 e. The Morgan fingerprint density at radius 2 is 1.36 bits per heavy atom. The van der Waals surface area contributed by atoms with E-state index in [9.17, 15) is 5.11 Å². The topological polar surface area (TPSA) is 41.5 Å². The minimum absolute atomic E-state index is 0.111. The van der Waals surface area contributed by atoms with E-state index in [1.54, 1.807) is 7.11 Å². The van der Waals surface area contributed by atoms with E-state index in [0.29, 0.717) is 12.3 Å². The number of phenols is 1. The largest absolute Gasteiger partial charge is 0.507 e. The Labute approximate surface area is 152 Å². The molecule has 136 valence electrons. The van der Waals surface area contributed by atoms with Crippen LogP contribution in [0.5, 0.6) is 11.5 Å². The molecule has 0 fully saturated rings. The molecular weight excluding hydrogens is 310 g/mol. The molecule has 0 aromatic heterocycles. The SMILES string of the molecule is COc1ccc(NCc2cc(C(C)(C)C)c(O)c(C(C)(C)C)c2)cc1. The normalized spacial score (nSPS) is 12.1. The van der Waals surface area contributed by atoms with Gasteiger partial charge >= 0.3 is 0 Å². The monoisotopic (exact) mass is 341 g/mol. The first kappa shape index (κ1) is 19.2. The van der Waals surface area contributed by atoms with Gasteiger partial charge in [-0.2, -0.15) is 0 Å². The molecule has 0 aliphatic carbocycles. The van der Waals surface area contributed by atoms with E-state index in [1.807, 2.05) is 24.3 Å². The lowest BCUT2D eigenvalue weighted by Crippen LogP contribution is -2.18. The van der Waals surface area contributed by atoms with Gasteiger partial charge in [-0.3, -0.25) is 0 Å². The number of anilines is 1. The number of hydrogen-bond acceptors (Lipinski definition) is 3. The molecule has 0 saturated heterocycles. The molecule has 0 amide bonds. The van der Waals surface area contributed by atoms with E-state index >= 15 is 0 Å². The van der Waals surface area contributed by atoms with Gasteiger partial charge in [0.05, 0.1) is 7.11 Å². The predicted octanol–water partition coefficient (Wildman–Crippen LogP) is 5.61. The third-order valence-electron chi connectivity index (χ3n) is 4.37. The van der Waals surface area contributed by atoms with Crippen LogP contribution in [0.1, 0.15) is 58.2 Å². The van der Waals surface area contributed by atoms with Gasteiger partial charge in [0.1, 0.15) is 11.5 Å². The molecule has 0 radical (unpaired) electrons. The quantitative estimate of drug-likeness (QED) is 0.759. The van der Waals surface area contributed by atoms with Gasteiger partial charge in [0, 0.05) is 12.2 Å². The maximum atomic E-state index is 10.8. The summed E-state index contributed by atoms with van der Waals surface area (Å²) >= 11 is 0. The van der Waals surface area contributed by atoms with Crippen LogP contribution in [0.2, 0.25) is 0 Å². The van der Waals surface area contributed by atoms with Crippen molar-refractivity contribution in [2.45, 2.75) is 58.9 Å². The van der Waals surface area contributed by atoms with Gasteiger partial charge in [-0.25, -0.2) is 0 Å². The number of phenolic OH excluding ortho intramolecular Hbond substituents is 1. The Balaban J connectivity index is 2.33. The first-order chi connectivity index (χ1) is 11.5. The first-order valence-electron chi connectivity index (χ1n) is 8.77. The van der Waals surface area contributed by atoms with Crippen LogP contribution in [0, 0.1) is 0 Å². The molecule has 0 aliphatic heterocycles. The molecule has 0 atom stereocenters. The molecule has 0 heterocycles. The number of aromatic hydroxyl groups is 1. The zero-order chi connectivity index (χ0) is 18.8. The van der Waals surface area contributed by atoms with E-state index in [1.165, 1.54) is 5.56 Å². The zero-order valence-corrected chi connectivity index (χ0v) is 16.5. The third kappa shape index (κ3) is 4.68. The maximum absolute atomic E-state index is 10.8. The summed E-state index contributed by atoms with van der Waals surface area (Å²) in [7, 11) is 1.67. The van der Waals surface area contributed by atoms with Crippen molar-refractivity contribution in [3.05, 3.63) is 53.1 Å².